The first-order chi connectivity index (χ1) is 9.95. The lowest BCUT2D eigenvalue weighted by Crippen LogP contribution is -2.03. The molecule has 21 heavy (non-hydrogen) atoms. The van der Waals surface area contributed by atoms with Crippen molar-refractivity contribution in [2.45, 2.75) is 19.5 Å². The molecular weight excluding hydrogens is 289 g/mol. The van der Waals surface area contributed by atoms with Crippen molar-refractivity contribution in [3.05, 3.63) is 29.7 Å². The lowest BCUT2D eigenvalue weighted by Gasteiger charge is -2.04. The molecule has 0 spiro atoms. The molecule has 1 N–H and O–H groups in total. The molecule has 2 heterocycles. The van der Waals surface area contributed by atoms with Crippen LogP contribution in [0.3, 0.4) is 0 Å². The highest BCUT2D eigenvalue weighted by atomic mass is 19.4. The number of anilines is 2. The Morgan fingerprint density at radius 2 is 1.95 bits per heavy atom. The maximum absolute atomic E-state index is 12.6. The van der Waals surface area contributed by atoms with Crippen LogP contribution in [-0.4, -0.2) is 15.2 Å². The molecule has 110 valence electrons. The molecule has 0 amide bonds. The molecule has 0 saturated heterocycles. The van der Waals surface area contributed by atoms with Crippen LogP contribution in [0.2, 0.25) is 0 Å². The number of nitrogens with one attached hydrogen (secondary N) is 1. The van der Waals surface area contributed by atoms with E-state index in [1.807, 2.05) is 6.92 Å². The quantitative estimate of drug-likeness (QED) is 0.797. The number of fused-ring (bicyclic) bond motifs is 1. The molecule has 0 unspecified atom stereocenters. The van der Waals surface area contributed by atoms with Gasteiger partial charge in [-0.05, 0) is 18.2 Å². The Balaban J connectivity index is 1.90. The summed E-state index contributed by atoms with van der Waals surface area (Å²) in [4.78, 5) is 3.91. The largest absolute Gasteiger partial charge is 0.423 e. The Labute approximate surface area is 116 Å². The van der Waals surface area contributed by atoms with Crippen LogP contribution in [0.1, 0.15) is 18.4 Å². The number of alkyl halides is 3. The third-order valence-corrected chi connectivity index (χ3v) is 2.70. The van der Waals surface area contributed by atoms with Crippen LogP contribution >= 0.6 is 0 Å². The zero-order valence-corrected chi connectivity index (χ0v) is 10.7. The summed E-state index contributed by atoms with van der Waals surface area (Å²) in [5.41, 5.74) is -0.482. The first-order valence-electron chi connectivity index (χ1n) is 6.03. The topological polar surface area (TPSA) is 77.0 Å². The maximum Gasteiger partial charge on any atom is 0.416 e. The van der Waals surface area contributed by atoms with Gasteiger partial charge in [0, 0.05) is 6.42 Å². The molecule has 1 aromatic carbocycles. The number of rotatable bonds is 3. The summed E-state index contributed by atoms with van der Waals surface area (Å²) in [6, 6.07) is 3.10. The Bertz CT molecular complexity index is 778. The van der Waals surface area contributed by atoms with Crippen molar-refractivity contribution in [1.29, 1.82) is 0 Å². The van der Waals surface area contributed by atoms with E-state index in [9.17, 15) is 13.2 Å². The second kappa shape index (κ2) is 4.76. The molecule has 0 radical (unpaired) electrons. The van der Waals surface area contributed by atoms with Gasteiger partial charge in [-0.1, -0.05) is 12.0 Å². The highest BCUT2D eigenvalue weighted by Crippen LogP contribution is 2.32. The lowest BCUT2D eigenvalue weighted by molar-refractivity contribution is -0.137. The smallest absolute Gasteiger partial charge is 0.416 e. The Morgan fingerprint density at radius 1 is 1.14 bits per heavy atom. The second-order valence-corrected chi connectivity index (χ2v) is 4.18. The number of oxazole rings is 1. The van der Waals surface area contributed by atoms with E-state index in [-0.39, 0.29) is 23.1 Å². The molecule has 0 atom stereocenters. The predicted molar refractivity (Wildman–Crippen MR) is 66.0 cm³/mol. The summed E-state index contributed by atoms with van der Waals surface area (Å²) in [5.74, 6) is 0.424. The summed E-state index contributed by atoms with van der Waals surface area (Å²) in [6.07, 6.45) is -3.86. The van der Waals surface area contributed by atoms with Crippen molar-refractivity contribution in [3.63, 3.8) is 0 Å². The molecule has 0 aliphatic heterocycles. The number of nitrogens with zero attached hydrogens (tertiary/aromatic N) is 3. The van der Waals surface area contributed by atoms with E-state index in [1.165, 1.54) is 6.07 Å². The van der Waals surface area contributed by atoms with Crippen molar-refractivity contribution >= 4 is 23.1 Å². The molecular formula is C12H9F3N4O2. The monoisotopic (exact) mass is 298 g/mol. The van der Waals surface area contributed by atoms with Crippen LogP contribution in [0.25, 0.3) is 11.1 Å². The van der Waals surface area contributed by atoms with Gasteiger partial charge in [-0.15, -0.1) is 5.10 Å². The van der Waals surface area contributed by atoms with E-state index in [0.29, 0.717) is 12.3 Å². The fourth-order valence-electron chi connectivity index (χ4n) is 1.70. The minimum atomic E-state index is -4.43. The van der Waals surface area contributed by atoms with Gasteiger partial charge in [0.2, 0.25) is 5.89 Å². The van der Waals surface area contributed by atoms with Gasteiger partial charge in [-0.3, -0.25) is 5.32 Å². The van der Waals surface area contributed by atoms with E-state index in [0.717, 1.165) is 12.1 Å². The second-order valence-electron chi connectivity index (χ2n) is 4.18. The zero-order valence-electron chi connectivity index (χ0n) is 10.7. The van der Waals surface area contributed by atoms with Gasteiger partial charge in [0.05, 0.1) is 5.56 Å². The molecule has 0 bridgehead atoms. The van der Waals surface area contributed by atoms with Crippen molar-refractivity contribution in [2.24, 2.45) is 0 Å². The molecule has 9 heteroatoms. The summed E-state index contributed by atoms with van der Waals surface area (Å²) in [5, 5.41) is 10.0. The minimum absolute atomic E-state index is 0.0179. The van der Waals surface area contributed by atoms with Gasteiger partial charge in [0.25, 0.3) is 0 Å². The number of aromatic nitrogens is 3. The fraction of sp³-hybridized carbons (Fsp3) is 0.250. The summed E-state index contributed by atoms with van der Waals surface area (Å²) >= 11 is 0. The number of halogens is 3. The molecule has 0 aliphatic rings. The first kappa shape index (κ1) is 13.4. The molecule has 0 aliphatic carbocycles. The lowest BCUT2D eigenvalue weighted by atomic mass is 10.2. The van der Waals surface area contributed by atoms with E-state index in [4.69, 9.17) is 8.83 Å². The standard InChI is InChI=1S/C12H9F3N4O2/c1-2-9-18-19-11(21-9)17-10-16-7-5-6(12(13,14)15)3-4-8(7)20-10/h3-5H,2H2,1H3,(H,16,17,19). The number of hydrogen-bond donors (Lipinski definition) is 1. The first-order valence-corrected chi connectivity index (χ1v) is 6.03. The molecule has 2 aromatic heterocycles. The molecule has 6 nitrogen and oxygen atoms in total. The normalized spacial score (nSPS) is 12.0. The van der Waals surface area contributed by atoms with E-state index in [2.05, 4.69) is 20.5 Å². The Kier molecular flexibility index (Phi) is 3.04. The molecule has 0 fully saturated rings. The minimum Gasteiger partial charge on any atom is -0.423 e. The summed E-state index contributed by atoms with van der Waals surface area (Å²) in [6.45, 7) is 1.84. The number of aryl methyl sites for hydroxylation is 1. The van der Waals surface area contributed by atoms with Crippen LogP contribution in [0.5, 0.6) is 0 Å². The van der Waals surface area contributed by atoms with Crippen LogP contribution < -0.4 is 5.32 Å². The summed E-state index contributed by atoms with van der Waals surface area (Å²) in [7, 11) is 0. The van der Waals surface area contributed by atoms with E-state index < -0.39 is 11.7 Å². The maximum atomic E-state index is 12.6. The Morgan fingerprint density at radius 3 is 2.62 bits per heavy atom. The van der Waals surface area contributed by atoms with Gasteiger partial charge >= 0.3 is 18.2 Å². The third kappa shape index (κ3) is 2.67. The average Bonchev–Trinajstić information content (AvgIpc) is 3.02. The SMILES string of the molecule is CCc1nnc(Nc2nc3cc(C(F)(F)F)ccc3o2)o1. The van der Waals surface area contributed by atoms with Crippen LogP contribution in [0.4, 0.5) is 25.2 Å². The van der Waals surface area contributed by atoms with Crippen molar-refractivity contribution in [1.82, 2.24) is 15.2 Å². The molecule has 3 rings (SSSR count). The fourth-order valence-corrected chi connectivity index (χ4v) is 1.70. The van der Waals surface area contributed by atoms with Crippen LogP contribution in [-0.2, 0) is 12.6 Å². The Hall–Kier alpha value is -2.58. The zero-order chi connectivity index (χ0) is 15.0. The predicted octanol–water partition coefficient (Wildman–Crippen LogP) is 3.54. The molecule has 3 aromatic rings. The van der Waals surface area contributed by atoms with Crippen molar-refractivity contribution < 1.29 is 22.0 Å². The highest BCUT2D eigenvalue weighted by molar-refractivity contribution is 5.75. The van der Waals surface area contributed by atoms with Crippen LogP contribution in [0.15, 0.2) is 27.0 Å². The van der Waals surface area contributed by atoms with Crippen molar-refractivity contribution in [3.8, 4) is 0 Å². The van der Waals surface area contributed by atoms with Gasteiger partial charge in [-0.25, -0.2) is 0 Å². The number of hydrogen-bond acceptors (Lipinski definition) is 6. The number of benzene rings is 1. The van der Waals surface area contributed by atoms with Gasteiger partial charge in [0.15, 0.2) is 5.58 Å². The van der Waals surface area contributed by atoms with Gasteiger partial charge in [0.1, 0.15) is 5.52 Å². The highest BCUT2D eigenvalue weighted by Gasteiger charge is 2.31. The molecule has 0 saturated carbocycles. The van der Waals surface area contributed by atoms with Crippen molar-refractivity contribution in [2.75, 3.05) is 5.32 Å². The van der Waals surface area contributed by atoms with Gasteiger partial charge < -0.3 is 8.83 Å². The summed E-state index contributed by atoms with van der Waals surface area (Å²) < 4.78 is 48.3. The van der Waals surface area contributed by atoms with Gasteiger partial charge in [-0.2, -0.15) is 18.2 Å². The van der Waals surface area contributed by atoms with E-state index >= 15 is 0 Å². The van der Waals surface area contributed by atoms with Crippen LogP contribution in [0, 0.1) is 0 Å². The average molecular weight is 298 g/mol. The van der Waals surface area contributed by atoms with E-state index in [1.54, 1.807) is 0 Å². The third-order valence-electron chi connectivity index (χ3n) is 2.70.